The number of rotatable bonds is 4. The highest BCUT2D eigenvalue weighted by molar-refractivity contribution is 5.78. The molecule has 0 aromatic carbocycles. The maximum atomic E-state index is 11.4. The minimum absolute atomic E-state index is 0.111. The number of ether oxygens (including phenoxy) is 2. The molecule has 0 bridgehead atoms. The summed E-state index contributed by atoms with van der Waals surface area (Å²) in [4.78, 5) is 13.8. The first kappa shape index (κ1) is 14.9. The van der Waals surface area contributed by atoms with Gasteiger partial charge in [0.15, 0.2) is 5.79 Å². The van der Waals surface area contributed by atoms with Gasteiger partial charge < -0.3 is 9.47 Å². The Balaban J connectivity index is 1.88. The molecule has 1 unspecified atom stereocenters. The monoisotopic (exact) mass is 269 g/mol. The summed E-state index contributed by atoms with van der Waals surface area (Å²) >= 11 is 0. The molecule has 0 aromatic heterocycles. The molecule has 1 spiro atoms. The average molecular weight is 269 g/mol. The lowest BCUT2D eigenvalue weighted by Crippen LogP contribution is -2.49. The van der Waals surface area contributed by atoms with Gasteiger partial charge in [0.1, 0.15) is 5.78 Å². The third-order valence-corrected chi connectivity index (χ3v) is 4.20. The predicted octanol–water partition coefficient (Wildman–Crippen LogP) is 2.22. The SMILES string of the molecule is CCC(=O)CCN1CC2(CC1C)OCC(C)(C)CO2. The average Bonchev–Trinajstić information content (AvgIpc) is 2.68. The molecule has 2 saturated heterocycles. The smallest absolute Gasteiger partial charge is 0.182 e. The predicted molar refractivity (Wildman–Crippen MR) is 74.0 cm³/mol. The molecule has 2 heterocycles. The van der Waals surface area contributed by atoms with Crippen LogP contribution in [0.2, 0.25) is 0 Å². The molecule has 1 atom stereocenters. The molecule has 0 N–H and O–H groups in total. The van der Waals surface area contributed by atoms with Crippen molar-refractivity contribution >= 4 is 5.78 Å². The Morgan fingerprint density at radius 3 is 2.53 bits per heavy atom. The molecule has 2 aliphatic rings. The maximum absolute atomic E-state index is 11.4. The fourth-order valence-corrected chi connectivity index (χ4v) is 2.80. The number of carbonyl (C=O) groups excluding carboxylic acids is 1. The van der Waals surface area contributed by atoms with E-state index in [1.165, 1.54) is 0 Å². The Labute approximate surface area is 116 Å². The zero-order chi connectivity index (χ0) is 14.1. The van der Waals surface area contributed by atoms with Crippen LogP contribution in [0.5, 0.6) is 0 Å². The quantitative estimate of drug-likeness (QED) is 0.784. The minimum atomic E-state index is -0.426. The second-order valence-electron chi connectivity index (χ2n) is 6.82. The highest BCUT2D eigenvalue weighted by Gasteiger charge is 2.48. The molecule has 0 saturated carbocycles. The molecule has 2 rings (SSSR count). The third kappa shape index (κ3) is 3.56. The van der Waals surface area contributed by atoms with E-state index in [9.17, 15) is 4.79 Å². The number of likely N-dealkylation sites (tertiary alicyclic amines) is 1. The normalized spacial score (nSPS) is 29.8. The Morgan fingerprint density at radius 1 is 1.32 bits per heavy atom. The van der Waals surface area contributed by atoms with Gasteiger partial charge in [0.2, 0.25) is 0 Å². The summed E-state index contributed by atoms with van der Waals surface area (Å²) < 4.78 is 12.1. The van der Waals surface area contributed by atoms with Crippen molar-refractivity contribution in [1.82, 2.24) is 4.90 Å². The molecular formula is C15H27NO3. The summed E-state index contributed by atoms with van der Waals surface area (Å²) in [5.74, 6) is -0.0933. The highest BCUT2D eigenvalue weighted by Crippen LogP contribution is 2.38. The summed E-state index contributed by atoms with van der Waals surface area (Å²) in [6, 6.07) is 0.422. The largest absolute Gasteiger partial charge is 0.348 e. The van der Waals surface area contributed by atoms with Crippen LogP contribution in [0.4, 0.5) is 0 Å². The molecule has 2 aliphatic heterocycles. The van der Waals surface area contributed by atoms with Gasteiger partial charge in [-0.1, -0.05) is 20.8 Å². The lowest BCUT2D eigenvalue weighted by molar-refractivity contribution is -0.290. The number of ketones is 1. The lowest BCUT2D eigenvalue weighted by atomic mass is 9.94. The Morgan fingerprint density at radius 2 is 1.95 bits per heavy atom. The van der Waals surface area contributed by atoms with E-state index in [0.29, 0.717) is 24.7 Å². The molecule has 110 valence electrons. The van der Waals surface area contributed by atoms with E-state index >= 15 is 0 Å². The zero-order valence-corrected chi connectivity index (χ0v) is 12.7. The van der Waals surface area contributed by atoms with Crippen LogP contribution < -0.4 is 0 Å². The van der Waals surface area contributed by atoms with Gasteiger partial charge in [-0.3, -0.25) is 9.69 Å². The fourth-order valence-electron chi connectivity index (χ4n) is 2.80. The number of hydrogen-bond donors (Lipinski definition) is 0. The molecule has 0 radical (unpaired) electrons. The van der Waals surface area contributed by atoms with Gasteiger partial charge >= 0.3 is 0 Å². The third-order valence-electron chi connectivity index (χ3n) is 4.20. The van der Waals surface area contributed by atoms with Crippen molar-refractivity contribution in [2.45, 2.75) is 58.8 Å². The Hall–Kier alpha value is -0.450. The highest BCUT2D eigenvalue weighted by atomic mass is 16.7. The van der Waals surface area contributed by atoms with Crippen LogP contribution in [-0.4, -0.2) is 48.8 Å². The molecule has 4 nitrogen and oxygen atoms in total. The molecule has 0 amide bonds. The van der Waals surface area contributed by atoms with Crippen LogP contribution in [0.25, 0.3) is 0 Å². The van der Waals surface area contributed by atoms with Crippen molar-refractivity contribution in [3.05, 3.63) is 0 Å². The van der Waals surface area contributed by atoms with Gasteiger partial charge in [0.05, 0.1) is 19.8 Å². The molecule has 19 heavy (non-hydrogen) atoms. The van der Waals surface area contributed by atoms with Crippen LogP contribution in [0.15, 0.2) is 0 Å². The van der Waals surface area contributed by atoms with Gasteiger partial charge in [-0.15, -0.1) is 0 Å². The Bertz CT molecular complexity index is 330. The van der Waals surface area contributed by atoms with E-state index in [1.807, 2.05) is 6.92 Å². The molecule has 0 aliphatic carbocycles. The summed E-state index contributed by atoms with van der Waals surface area (Å²) in [7, 11) is 0. The van der Waals surface area contributed by atoms with E-state index in [1.54, 1.807) is 0 Å². The number of Topliss-reactive ketones (excluding diaryl/α,β-unsaturated/α-hetero) is 1. The van der Waals surface area contributed by atoms with E-state index < -0.39 is 5.79 Å². The van der Waals surface area contributed by atoms with Crippen molar-refractivity contribution in [2.75, 3.05) is 26.3 Å². The first-order valence-electron chi connectivity index (χ1n) is 7.39. The topological polar surface area (TPSA) is 38.8 Å². The molecule has 4 heteroatoms. The van der Waals surface area contributed by atoms with Gasteiger partial charge in [-0.05, 0) is 6.92 Å². The van der Waals surface area contributed by atoms with Crippen molar-refractivity contribution in [3.8, 4) is 0 Å². The summed E-state index contributed by atoms with van der Waals surface area (Å²) in [6.45, 7) is 11.6. The van der Waals surface area contributed by atoms with E-state index in [0.717, 1.165) is 32.7 Å². The maximum Gasteiger partial charge on any atom is 0.182 e. The number of carbonyl (C=O) groups is 1. The van der Waals surface area contributed by atoms with Crippen LogP contribution in [0, 0.1) is 5.41 Å². The number of nitrogens with zero attached hydrogens (tertiary/aromatic N) is 1. The molecular weight excluding hydrogens is 242 g/mol. The van der Waals surface area contributed by atoms with Crippen molar-refractivity contribution in [1.29, 1.82) is 0 Å². The summed E-state index contributed by atoms with van der Waals surface area (Å²) in [5.41, 5.74) is 0.111. The number of hydrogen-bond acceptors (Lipinski definition) is 4. The fraction of sp³-hybridized carbons (Fsp3) is 0.933. The Kier molecular flexibility index (Phi) is 4.33. The standard InChI is InChI=1S/C15H27NO3/c1-5-13(17)6-7-16-9-15(8-12(16)2)18-10-14(3,4)11-19-15/h12H,5-11H2,1-4H3. The van der Waals surface area contributed by atoms with Crippen LogP contribution >= 0.6 is 0 Å². The van der Waals surface area contributed by atoms with E-state index in [4.69, 9.17) is 9.47 Å². The molecule has 0 aromatic rings. The lowest BCUT2D eigenvalue weighted by Gasteiger charge is -2.41. The second kappa shape index (κ2) is 5.51. The first-order valence-corrected chi connectivity index (χ1v) is 7.39. The van der Waals surface area contributed by atoms with Crippen molar-refractivity contribution in [3.63, 3.8) is 0 Å². The van der Waals surface area contributed by atoms with Crippen LogP contribution in [-0.2, 0) is 14.3 Å². The van der Waals surface area contributed by atoms with Gasteiger partial charge in [0.25, 0.3) is 0 Å². The van der Waals surface area contributed by atoms with Crippen LogP contribution in [0.1, 0.15) is 47.0 Å². The van der Waals surface area contributed by atoms with E-state index in [2.05, 4.69) is 25.7 Å². The first-order chi connectivity index (χ1) is 8.86. The summed E-state index contributed by atoms with van der Waals surface area (Å²) in [5, 5.41) is 0. The van der Waals surface area contributed by atoms with E-state index in [-0.39, 0.29) is 5.41 Å². The van der Waals surface area contributed by atoms with Crippen LogP contribution in [0.3, 0.4) is 0 Å². The minimum Gasteiger partial charge on any atom is -0.348 e. The van der Waals surface area contributed by atoms with Gasteiger partial charge in [-0.2, -0.15) is 0 Å². The summed E-state index contributed by atoms with van der Waals surface area (Å²) in [6.07, 6.45) is 2.18. The van der Waals surface area contributed by atoms with Crippen molar-refractivity contribution in [2.24, 2.45) is 5.41 Å². The van der Waals surface area contributed by atoms with Gasteiger partial charge in [0, 0.05) is 37.3 Å². The van der Waals surface area contributed by atoms with Crippen molar-refractivity contribution < 1.29 is 14.3 Å². The second-order valence-corrected chi connectivity index (χ2v) is 6.82. The molecule has 2 fully saturated rings. The van der Waals surface area contributed by atoms with Gasteiger partial charge in [-0.25, -0.2) is 0 Å². The zero-order valence-electron chi connectivity index (χ0n) is 12.7.